The summed E-state index contributed by atoms with van der Waals surface area (Å²) in [7, 11) is -2.18. The van der Waals surface area contributed by atoms with Gasteiger partial charge in [0, 0.05) is 30.1 Å². The number of rotatable bonds is 7. The van der Waals surface area contributed by atoms with Crippen LogP contribution in [0.25, 0.3) is 0 Å². The zero-order valence-corrected chi connectivity index (χ0v) is 16.6. The van der Waals surface area contributed by atoms with Gasteiger partial charge in [-0.15, -0.1) is 0 Å². The van der Waals surface area contributed by atoms with Crippen molar-refractivity contribution in [2.24, 2.45) is 0 Å². The highest BCUT2D eigenvalue weighted by Crippen LogP contribution is 2.22. The van der Waals surface area contributed by atoms with Gasteiger partial charge in [-0.25, -0.2) is 23.1 Å². The maximum absolute atomic E-state index is 12.0. The van der Waals surface area contributed by atoms with Crippen molar-refractivity contribution in [2.45, 2.75) is 11.8 Å². The molecule has 0 saturated heterocycles. The predicted octanol–water partition coefficient (Wildman–Crippen LogP) is 2.83. The molecule has 0 bridgehead atoms. The first-order valence-electron chi connectivity index (χ1n) is 8.63. The van der Waals surface area contributed by atoms with Crippen molar-refractivity contribution in [1.82, 2.24) is 14.7 Å². The molecule has 9 nitrogen and oxygen atoms in total. The van der Waals surface area contributed by atoms with Crippen LogP contribution in [0.15, 0.2) is 65.8 Å². The van der Waals surface area contributed by atoms with E-state index in [1.807, 2.05) is 12.1 Å². The third-order valence-electron chi connectivity index (χ3n) is 3.81. The molecule has 0 aliphatic heterocycles. The molecule has 0 spiro atoms. The van der Waals surface area contributed by atoms with Crippen LogP contribution in [0.2, 0.25) is 0 Å². The lowest BCUT2D eigenvalue weighted by atomic mass is 10.2. The Morgan fingerprint density at radius 2 is 1.45 bits per heavy atom. The number of sulfonamides is 1. The third-order valence-corrected chi connectivity index (χ3v) is 5.22. The highest BCUT2D eigenvalue weighted by molar-refractivity contribution is 7.89. The maximum atomic E-state index is 12.0. The fourth-order valence-electron chi connectivity index (χ4n) is 2.53. The monoisotopic (exact) mass is 412 g/mol. The zero-order valence-electron chi connectivity index (χ0n) is 15.8. The number of aromatic nitrogens is 2. The minimum atomic E-state index is -3.54. The largest absolute Gasteiger partial charge is 0.340 e. The Bertz CT molecular complexity index is 1130. The summed E-state index contributed by atoms with van der Waals surface area (Å²) in [6, 6.07) is 15.3. The number of amides is 1. The Labute approximate surface area is 168 Å². The summed E-state index contributed by atoms with van der Waals surface area (Å²) < 4.78 is 26.2. The van der Waals surface area contributed by atoms with Gasteiger partial charge in [0.15, 0.2) is 0 Å². The fourth-order valence-corrected chi connectivity index (χ4v) is 3.30. The van der Waals surface area contributed by atoms with Crippen molar-refractivity contribution in [3.63, 3.8) is 0 Å². The van der Waals surface area contributed by atoms with Gasteiger partial charge < -0.3 is 16.0 Å². The van der Waals surface area contributed by atoms with E-state index in [2.05, 4.69) is 30.6 Å². The number of hydrogen-bond donors (Lipinski definition) is 4. The van der Waals surface area contributed by atoms with Crippen LogP contribution in [-0.2, 0) is 14.8 Å². The summed E-state index contributed by atoms with van der Waals surface area (Å²) in [4.78, 5) is 19.7. The number of anilines is 5. The molecule has 3 rings (SSSR count). The first-order valence-corrected chi connectivity index (χ1v) is 10.1. The van der Waals surface area contributed by atoms with Gasteiger partial charge in [-0.2, -0.15) is 0 Å². The summed E-state index contributed by atoms with van der Waals surface area (Å²) in [5.74, 6) is 0.860. The lowest BCUT2D eigenvalue weighted by Crippen LogP contribution is -2.18. The average molecular weight is 412 g/mol. The van der Waals surface area contributed by atoms with E-state index >= 15 is 0 Å². The van der Waals surface area contributed by atoms with Crippen molar-refractivity contribution in [2.75, 3.05) is 23.0 Å². The fraction of sp³-hybridized carbons (Fsp3) is 0.105. The third kappa shape index (κ3) is 5.50. The van der Waals surface area contributed by atoms with E-state index in [1.165, 1.54) is 32.4 Å². The smallest absolute Gasteiger partial charge is 0.240 e. The maximum Gasteiger partial charge on any atom is 0.240 e. The standard InChI is InChI=1S/C19H20N6O3S/c1-13(26)23-14-5-3-6-15(9-14)24-18-11-19(22-12-21-18)25-16-7-4-8-17(10-16)29(27,28)20-2/h3-12,20H,1-2H3,(H,23,26)(H2,21,22,24,25). The number of carbonyl (C=O) groups is 1. The minimum absolute atomic E-state index is 0.146. The van der Waals surface area contributed by atoms with Crippen LogP contribution >= 0.6 is 0 Å². The zero-order chi connectivity index (χ0) is 20.9. The molecule has 0 saturated carbocycles. The van der Waals surface area contributed by atoms with E-state index in [1.54, 1.807) is 30.3 Å². The molecule has 0 atom stereocenters. The van der Waals surface area contributed by atoms with Gasteiger partial charge in [-0.05, 0) is 43.4 Å². The van der Waals surface area contributed by atoms with Gasteiger partial charge in [-0.1, -0.05) is 12.1 Å². The predicted molar refractivity (Wildman–Crippen MR) is 112 cm³/mol. The van der Waals surface area contributed by atoms with Gasteiger partial charge in [-0.3, -0.25) is 4.79 Å². The molecule has 0 fully saturated rings. The molecule has 0 aliphatic rings. The van der Waals surface area contributed by atoms with E-state index in [0.29, 0.717) is 23.0 Å². The van der Waals surface area contributed by atoms with Crippen LogP contribution < -0.4 is 20.7 Å². The van der Waals surface area contributed by atoms with Gasteiger partial charge in [0.2, 0.25) is 15.9 Å². The molecule has 29 heavy (non-hydrogen) atoms. The molecule has 0 unspecified atom stereocenters. The summed E-state index contributed by atoms with van der Waals surface area (Å²) in [6.07, 6.45) is 1.39. The summed E-state index contributed by atoms with van der Waals surface area (Å²) in [5, 5.41) is 8.92. The molecule has 3 aromatic rings. The molecule has 150 valence electrons. The van der Waals surface area contributed by atoms with Crippen LogP contribution in [0.1, 0.15) is 6.92 Å². The number of benzene rings is 2. The Balaban J connectivity index is 1.77. The number of nitrogens with zero attached hydrogens (tertiary/aromatic N) is 2. The van der Waals surface area contributed by atoms with Crippen molar-refractivity contribution in [3.05, 3.63) is 60.9 Å². The number of carbonyl (C=O) groups excluding carboxylic acids is 1. The molecular weight excluding hydrogens is 392 g/mol. The van der Waals surface area contributed by atoms with E-state index in [-0.39, 0.29) is 10.8 Å². The van der Waals surface area contributed by atoms with Gasteiger partial charge in [0.25, 0.3) is 0 Å². The second-order valence-corrected chi connectivity index (χ2v) is 7.92. The van der Waals surface area contributed by atoms with Crippen LogP contribution in [0.4, 0.5) is 28.7 Å². The molecular formula is C19H20N6O3S. The topological polar surface area (TPSA) is 125 Å². The summed E-state index contributed by atoms with van der Waals surface area (Å²) in [5.41, 5.74) is 1.97. The Hall–Kier alpha value is -3.50. The van der Waals surface area contributed by atoms with E-state index in [9.17, 15) is 13.2 Å². The molecule has 4 N–H and O–H groups in total. The SMILES string of the molecule is CNS(=O)(=O)c1cccc(Nc2cc(Nc3cccc(NC(C)=O)c3)ncn2)c1. The van der Waals surface area contributed by atoms with Crippen LogP contribution in [-0.4, -0.2) is 31.3 Å². The minimum Gasteiger partial charge on any atom is -0.340 e. The van der Waals surface area contributed by atoms with E-state index in [4.69, 9.17) is 0 Å². The van der Waals surface area contributed by atoms with Crippen molar-refractivity contribution < 1.29 is 13.2 Å². The van der Waals surface area contributed by atoms with E-state index in [0.717, 1.165) is 5.69 Å². The highest BCUT2D eigenvalue weighted by Gasteiger charge is 2.11. The quantitative estimate of drug-likeness (QED) is 0.470. The Kier molecular flexibility index (Phi) is 6.05. The lowest BCUT2D eigenvalue weighted by molar-refractivity contribution is -0.114. The second kappa shape index (κ2) is 8.67. The number of hydrogen-bond acceptors (Lipinski definition) is 7. The number of nitrogens with one attached hydrogen (secondary N) is 4. The molecule has 2 aromatic carbocycles. The van der Waals surface area contributed by atoms with Gasteiger partial charge in [0.05, 0.1) is 4.90 Å². The second-order valence-electron chi connectivity index (χ2n) is 6.04. The molecule has 0 radical (unpaired) electrons. The van der Waals surface area contributed by atoms with Gasteiger partial charge in [0.1, 0.15) is 18.0 Å². The Morgan fingerprint density at radius 3 is 2.07 bits per heavy atom. The first-order chi connectivity index (χ1) is 13.9. The lowest BCUT2D eigenvalue weighted by Gasteiger charge is -2.11. The van der Waals surface area contributed by atoms with Crippen molar-refractivity contribution in [1.29, 1.82) is 0 Å². The molecule has 10 heteroatoms. The van der Waals surface area contributed by atoms with Crippen molar-refractivity contribution in [3.8, 4) is 0 Å². The molecule has 1 amide bonds. The summed E-state index contributed by atoms with van der Waals surface area (Å²) >= 11 is 0. The van der Waals surface area contributed by atoms with Crippen LogP contribution in [0, 0.1) is 0 Å². The van der Waals surface area contributed by atoms with E-state index < -0.39 is 10.0 Å². The normalized spacial score (nSPS) is 11.0. The van der Waals surface area contributed by atoms with Gasteiger partial charge >= 0.3 is 0 Å². The van der Waals surface area contributed by atoms with Crippen molar-refractivity contribution >= 4 is 44.6 Å². The molecule has 1 aromatic heterocycles. The molecule has 1 heterocycles. The van der Waals surface area contributed by atoms with Crippen LogP contribution in [0.3, 0.4) is 0 Å². The average Bonchev–Trinajstić information content (AvgIpc) is 2.68. The summed E-state index contributed by atoms with van der Waals surface area (Å²) in [6.45, 7) is 1.44. The highest BCUT2D eigenvalue weighted by atomic mass is 32.2. The Morgan fingerprint density at radius 1 is 0.862 bits per heavy atom. The van der Waals surface area contributed by atoms with Crippen LogP contribution in [0.5, 0.6) is 0 Å². The first kappa shape index (κ1) is 20.2. The molecule has 0 aliphatic carbocycles.